The molecule has 0 aliphatic carbocycles. The second-order valence-corrected chi connectivity index (χ2v) is 6.51. The van der Waals surface area contributed by atoms with Crippen molar-refractivity contribution in [3.8, 4) is 22.8 Å². The molecule has 0 radical (unpaired) electrons. The van der Waals surface area contributed by atoms with Crippen LogP contribution in [0.15, 0.2) is 54.7 Å². The Bertz CT molecular complexity index is 827. The number of benzene rings is 2. The molecule has 0 saturated carbocycles. The van der Waals surface area contributed by atoms with Gasteiger partial charge in [0.25, 0.3) is 0 Å². The van der Waals surface area contributed by atoms with E-state index in [0.717, 1.165) is 29.9 Å². The Labute approximate surface area is 156 Å². The lowest BCUT2D eigenvalue weighted by atomic mass is 9.98. The van der Waals surface area contributed by atoms with Crippen LogP contribution in [0.2, 0.25) is 0 Å². The van der Waals surface area contributed by atoms with Gasteiger partial charge in [0.1, 0.15) is 5.75 Å². The van der Waals surface area contributed by atoms with Crippen molar-refractivity contribution in [2.24, 2.45) is 0 Å². The standard InChI is InChI=1S/C23H27NO2/c1-3-4-5-6-9-16-26-22-15-13-19(17-24-22)23-20-11-8-7-10-18(20)12-14-21(23)25-2/h7-8,10-15,17H,3-6,9,16H2,1-2H3. The lowest BCUT2D eigenvalue weighted by Gasteiger charge is -2.13. The molecule has 0 aliphatic rings. The van der Waals surface area contributed by atoms with Crippen LogP contribution in [0.5, 0.6) is 11.6 Å². The van der Waals surface area contributed by atoms with Gasteiger partial charge in [-0.25, -0.2) is 4.98 Å². The first-order valence-electron chi connectivity index (χ1n) is 9.48. The number of unbranched alkanes of at least 4 members (excludes halogenated alkanes) is 4. The first kappa shape index (κ1) is 18.2. The highest BCUT2D eigenvalue weighted by atomic mass is 16.5. The second-order valence-electron chi connectivity index (χ2n) is 6.51. The third-order valence-electron chi connectivity index (χ3n) is 4.63. The molecule has 1 aromatic heterocycles. The van der Waals surface area contributed by atoms with Crippen LogP contribution >= 0.6 is 0 Å². The fourth-order valence-corrected chi connectivity index (χ4v) is 3.22. The van der Waals surface area contributed by atoms with Crippen LogP contribution in [-0.2, 0) is 0 Å². The lowest BCUT2D eigenvalue weighted by molar-refractivity contribution is 0.293. The normalized spacial score (nSPS) is 10.8. The molecule has 3 nitrogen and oxygen atoms in total. The van der Waals surface area contributed by atoms with Crippen molar-refractivity contribution >= 4 is 10.8 Å². The van der Waals surface area contributed by atoms with Gasteiger partial charge in [0.2, 0.25) is 5.88 Å². The van der Waals surface area contributed by atoms with Gasteiger partial charge >= 0.3 is 0 Å². The minimum atomic E-state index is 0.684. The molecule has 26 heavy (non-hydrogen) atoms. The molecule has 3 heteroatoms. The predicted molar refractivity (Wildman–Crippen MR) is 108 cm³/mol. The van der Waals surface area contributed by atoms with Crippen molar-refractivity contribution in [1.29, 1.82) is 0 Å². The number of rotatable bonds is 9. The molecule has 0 aliphatic heterocycles. The average Bonchev–Trinajstić information content (AvgIpc) is 2.70. The molecule has 0 unspecified atom stereocenters. The molecule has 3 aromatic rings. The van der Waals surface area contributed by atoms with E-state index >= 15 is 0 Å². The second kappa shape index (κ2) is 9.23. The summed E-state index contributed by atoms with van der Waals surface area (Å²) in [5, 5.41) is 2.36. The van der Waals surface area contributed by atoms with Crippen LogP contribution in [0.3, 0.4) is 0 Å². The highest BCUT2D eigenvalue weighted by Crippen LogP contribution is 2.37. The maximum atomic E-state index is 5.78. The number of hydrogen-bond donors (Lipinski definition) is 0. The summed E-state index contributed by atoms with van der Waals surface area (Å²) in [7, 11) is 1.71. The maximum Gasteiger partial charge on any atom is 0.213 e. The van der Waals surface area contributed by atoms with Crippen molar-refractivity contribution < 1.29 is 9.47 Å². The lowest BCUT2D eigenvalue weighted by Crippen LogP contribution is -1.99. The van der Waals surface area contributed by atoms with E-state index in [1.54, 1.807) is 7.11 Å². The van der Waals surface area contributed by atoms with Gasteiger partial charge in [-0.3, -0.25) is 0 Å². The van der Waals surface area contributed by atoms with Gasteiger partial charge in [0.15, 0.2) is 0 Å². The monoisotopic (exact) mass is 349 g/mol. The maximum absolute atomic E-state index is 5.78. The first-order valence-corrected chi connectivity index (χ1v) is 9.48. The molecule has 0 spiro atoms. The largest absolute Gasteiger partial charge is 0.496 e. The van der Waals surface area contributed by atoms with E-state index in [1.165, 1.54) is 36.5 Å². The van der Waals surface area contributed by atoms with Crippen LogP contribution < -0.4 is 9.47 Å². The van der Waals surface area contributed by atoms with Crippen LogP contribution in [0.25, 0.3) is 21.9 Å². The summed E-state index contributed by atoms with van der Waals surface area (Å²) >= 11 is 0. The predicted octanol–water partition coefficient (Wildman–Crippen LogP) is 6.26. The van der Waals surface area contributed by atoms with Crippen LogP contribution in [0.1, 0.15) is 39.0 Å². The van der Waals surface area contributed by atoms with Crippen LogP contribution in [0, 0.1) is 0 Å². The van der Waals surface area contributed by atoms with E-state index in [1.807, 2.05) is 24.4 Å². The molecule has 3 rings (SSSR count). The van der Waals surface area contributed by atoms with Crippen molar-refractivity contribution in [2.75, 3.05) is 13.7 Å². The molecule has 0 N–H and O–H groups in total. The minimum Gasteiger partial charge on any atom is -0.496 e. The number of ether oxygens (including phenoxy) is 2. The molecule has 0 bridgehead atoms. The van der Waals surface area contributed by atoms with Gasteiger partial charge in [-0.05, 0) is 29.3 Å². The molecule has 2 aromatic carbocycles. The minimum absolute atomic E-state index is 0.684. The van der Waals surface area contributed by atoms with Crippen molar-refractivity contribution in [2.45, 2.75) is 39.0 Å². The zero-order valence-electron chi connectivity index (χ0n) is 15.7. The smallest absolute Gasteiger partial charge is 0.213 e. The molecule has 0 amide bonds. The van der Waals surface area contributed by atoms with E-state index in [2.05, 4.69) is 42.2 Å². The molecule has 1 heterocycles. The Morgan fingerprint density at radius 2 is 1.73 bits per heavy atom. The highest BCUT2D eigenvalue weighted by molar-refractivity contribution is 5.99. The summed E-state index contributed by atoms with van der Waals surface area (Å²) in [5.41, 5.74) is 2.11. The number of nitrogens with zero attached hydrogens (tertiary/aromatic N) is 1. The van der Waals surface area contributed by atoms with E-state index < -0.39 is 0 Å². The van der Waals surface area contributed by atoms with Crippen LogP contribution in [0.4, 0.5) is 0 Å². The van der Waals surface area contributed by atoms with Crippen molar-refractivity contribution in [3.63, 3.8) is 0 Å². The Morgan fingerprint density at radius 1 is 0.885 bits per heavy atom. The number of methoxy groups -OCH3 is 1. The summed E-state index contributed by atoms with van der Waals surface area (Å²) in [5.74, 6) is 1.54. The van der Waals surface area contributed by atoms with E-state index in [-0.39, 0.29) is 0 Å². The van der Waals surface area contributed by atoms with E-state index in [0.29, 0.717) is 5.88 Å². The summed E-state index contributed by atoms with van der Waals surface area (Å²) in [6, 6.07) is 16.4. The van der Waals surface area contributed by atoms with Crippen LogP contribution in [-0.4, -0.2) is 18.7 Å². The molecule has 0 saturated heterocycles. The Balaban J connectivity index is 1.74. The first-order chi connectivity index (χ1) is 12.8. The molecule has 136 valence electrons. The van der Waals surface area contributed by atoms with Gasteiger partial charge in [0.05, 0.1) is 13.7 Å². The number of hydrogen-bond acceptors (Lipinski definition) is 3. The summed E-state index contributed by atoms with van der Waals surface area (Å²) in [6.07, 6.45) is 8.03. The zero-order valence-corrected chi connectivity index (χ0v) is 15.7. The quantitative estimate of drug-likeness (QED) is 0.427. The van der Waals surface area contributed by atoms with Gasteiger partial charge in [0, 0.05) is 23.4 Å². The third-order valence-corrected chi connectivity index (χ3v) is 4.63. The Hall–Kier alpha value is -2.55. The fourth-order valence-electron chi connectivity index (χ4n) is 3.22. The number of aromatic nitrogens is 1. The van der Waals surface area contributed by atoms with Gasteiger partial charge in [-0.2, -0.15) is 0 Å². The number of fused-ring (bicyclic) bond motifs is 1. The topological polar surface area (TPSA) is 31.4 Å². The van der Waals surface area contributed by atoms with Crippen molar-refractivity contribution in [1.82, 2.24) is 4.98 Å². The molecular formula is C23H27NO2. The van der Waals surface area contributed by atoms with E-state index in [4.69, 9.17) is 9.47 Å². The zero-order chi connectivity index (χ0) is 18.2. The van der Waals surface area contributed by atoms with Gasteiger partial charge in [-0.15, -0.1) is 0 Å². The Morgan fingerprint density at radius 3 is 2.50 bits per heavy atom. The number of pyridine rings is 1. The molecular weight excluding hydrogens is 322 g/mol. The summed E-state index contributed by atoms with van der Waals surface area (Å²) in [4.78, 5) is 4.49. The summed E-state index contributed by atoms with van der Waals surface area (Å²) < 4.78 is 11.4. The molecule has 0 atom stereocenters. The SMILES string of the molecule is CCCCCCCOc1ccc(-c2c(OC)ccc3ccccc23)cn1. The molecule has 0 fully saturated rings. The third kappa shape index (κ3) is 4.34. The fraction of sp³-hybridized carbons (Fsp3) is 0.348. The van der Waals surface area contributed by atoms with Crippen molar-refractivity contribution in [3.05, 3.63) is 54.7 Å². The highest BCUT2D eigenvalue weighted by Gasteiger charge is 2.11. The summed E-state index contributed by atoms with van der Waals surface area (Å²) in [6.45, 7) is 2.96. The van der Waals surface area contributed by atoms with Gasteiger partial charge < -0.3 is 9.47 Å². The Kier molecular flexibility index (Phi) is 6.48. The average molecular weight is 349 g/mol. The van der Waals surface area contributed by atoms with Gasteiger partial charge in [-0.1, -0.05) is 62.9 Å². The van der Waals surface area contributed by atoms with E-state index in [9.17, 15) is 0 Å².